The molecule has 0 fully saturated rings. The number of benzene rings is 2. The molecule has 0 aliphatic rings. The van der Waals surface area contributed by atoms with Crippen molar-refractivity contribution in [1.82, 2.24) is 10.6 Å². The number of hydrogen-bond acceptors (Lipinski definition) is 4. The average molecular weight is 422 g/mol. The van der Waals surface area contributed by atoms with Gasteiger partial charge in [0.05, 0.1) is 12.3 Å². The van der Waals surface area contributed by atoms with E-state index in [9.17, 15) is 12.8 Å². The van der Waals surface area contributed by atoms with Crippen molar-refractivity contribution < 1.29 is 17.5 Å². The van der Waals surface area contributed by atoms with Gasteiger partial charge in [0.2, 0.25) is 0 Å². The molecule has 158 valence electrons. The van der Waals surface area contributed by atoms with Crippen molar-refractivity contribution in [2.45, 2.75) is 26.1 Å². The van der Waals surface area contributed by atoms with Crippen LogP contribution in [-0.2, 0) is 22.1 Å². The van der Waals surface area contributed by atoms with Gasteiger partial charge in [-0.3, -0.25) is 4.99 Å². The Morgan fingerprint density at radius 1 is 1.07 bits per heavy atom. The molecule has 2 aromatic rings. The van der Waals surface area contributed by atoms with Crippen molar-refractivity contribution >= 4 is 15.8 Å². The van der Waals surface area contributed by atoms with Crippen LogP contribution in [0.2, 0.25) is 0 Å². The lowest BCUT2D eigenvalue weighted by Crippen LogP contribution is -2.39. The van der Waals surface area contributed by atoms with Crippen LogP contribution in [0.4, 0.5) is 4.39 Å². The van der Waals surface area contributed by atoms with Crippen LogP contribution in [0.5, 0.6) is 5.75 Å². The van der Waals surface area contributed by atoms with E-state index < -0.39 is 15.7 Å². The Kier molecular flexibility index (Phi) is 8.01. The molecular formula is C21H28FN3O3S. The number of nitrogens with zero attached hydrogens (tertiary/aromatic N) is 1. The van der Waals surface area contributed by atoms with Crippen LogP contribution in [0.3, 0.4) is 0 Å². The number of aliphatic imine (C=N–C) groups is 1. The monoisotopic (exact) mass is 421 g/mol. The smallest absolute Gasteiger partial charge is 0.191 e. The molecule has 8 heteroatoms. The number of rotatable bonds is 8. The van der Waals surface area contributed by atoms with E-state index in [0.29, 0.717) is 30.2 Å². The van der Waals surface area contributed by atoms with Gasteiger partial charge in [0.25, 0.3) is 0 Å². The zero-order valence-corrected chi connectivity index (χ0v) is 18.1. The highest BCUT2D eigenvalue weighted by atomic mass is 32.2. The van der Waals surface area contributed by atoms with E-state index in [1.165, 1.54) is 18.2 Å². The van der Waals surface area contributed by atoms with E-state index in [1.54, 1.807) is 7.05 Å². The Hall–Kier alpha value is -2.61. The molecule has 0 saturated carbocycles. The second-order valence-corrected chi connectivity index (χ2v) is 9.15. The largest absolute Gasteiger partial charge is 0.492 e. The van der Waals surface area contributed by atoms with Crippen LogP contribution in [0, 0.1) is 19.7 Å². The van der Waals surface area contributed by atoms with Crippen LogP contribution in [0.15, 0.2) is 41.4 Å². The quantitative estimate of drug-likeness (QED) is 0.389. The predicted octanol–water partition coefficient (Wildman–Crippen LogP) is 2.73. The first-order valence-electron chi connectivity index (χ1n) is 9.27. The Morgan fingerprint density at radius 2 is 1.76 bits per heavy atom. The van der Waals surface area contributed by atoms with Crippen LogP contribution in [0.1, 0.15) is 22.3 Å². The minimum atomic E-state index is -3.22. The lowest BCUT2D eigenvalue weighted by atomic mass is 10.1. The molecule has 0 atom stereocenters. The summed E-state index contributed by atoms with van der Waals surface area (Å²) in [5.74, 6) is 0.782. The third-order valence-electron chi connectivity index (χ3n) is 4.11. The zero-order chi connectivity index (χ0) is 21.4. The standard InChI is InChI=1S/C21H28FN3O3S/c1-15-9-16(2)11-20(10-15)28-8-7-24-21(23-3)25-13-18-12-19(22)6-5-17(18)14-29(4,26)27/h5-6,9-12H,7-8,13-14H2,1-4H3,(H2,23,24,25). The fourth-order valence-corrected chi connectivity index (χ4v) is 3.78. The van der Waals surface area contributed by atoms with Crippen molar-refractivity contribution in [2.75, 3.05) is 26.5 Å². The molecule has 29 heavy (non-hydrogen) atoms. The Morgan fingerprint density at radius 3 is 2.38 bits per heavy atom. The number of sulfone groups is 1. The number of halogens is 1. The normalized spacial score (nSPS) is 12.0. The molecule has 0 aromatic heterocycles. The van der Waals surface area contributed by atoms with Gasteiger partial charge in [-0.15, -0.1) is 0 Å². The molecule has 0 heterocycles. The molecule has 0 unspecified atom stereocenters. The fraction of sp³-hybridized carbons (Fsp3) is 0.381. The molecule has 0 amide bonds. The lowest BCUT2D eigenvalue weighted by molar-refractivity contribution is 0.321. The van der Waals surface area contributed by atoms with Gasteiger partial charge in [0.15, 0.2) is 15.8 Å². The second kappa shape index (κ2) is 10.2. The van der Waals surface area contributed by atoms with Crippen molar-refractivity contribution in [3.63, 3.8) is 0 Å². The Bertz CT molecular complexity index is 955. The minimum Gasteiger partial charge on any atom is -0.492 e. The van der Waals surface area contributed by atoms with E-state index in [2.05, 4.69) is 21.7 Å². The summed E-state index contributed by atoms with van der Waals surface area (Å²) in [5.41, 5.74) is 3.43. The van der Waals surface area contributed by atoms with Gasteiger partial charge in [0.1, 0.15) is 18.2 Å². The Balaban J connectivity index is 1.88. The van der Waals surface area contributed by atoms with E-state index in [-0.39, 0.29) is 12.3 Å². The molecule has 0 bridgehead atoms. The van der Waals surface area contributed by atoms with Crippen molar-refractivity contribution in [3.05, 3.63) is 64.5 Å². The van der Waals surface area contributed by atoms with Crippen molar-refractivity contribution in [2.24, 2.45) is 4.99 Å². The topological polar surface area (TPSA) is 79.8 Å². The van der Waals surface area contributed by atoms with Crippen LogP contribution >= 0.6 is 0 Å². The SMILES string of the molecule is CN=C(NCCOc1cc(C)cc(C)c1)NCc1cc(F)ccc1CS(C)(=O)=O. The predicted molar refractivity (Wildman–Crippen MR) is 115 cm³/mol. The summed E-state index contributed by atoms with van der Waals surface area (Å²) in [5, 5.41) is 6.20. The summed E-state index contributed by atoms with van der Waals surface area (Å²) in [6, 6.07) is 10.1. The van der Waals surface area contributed by atoms with Gasteiger partial charge < -0.3 is 15.4 Å². The van der Waals surface area contributed by atoms with Crippen LogP contribution in [0.25, 0.3) is 0 Å². The first-order chi connectivity index (χ1) is 13.7. The van der Waals surface area contributed by atoms with E-state index in [0.717, 1.165) is 23.1 Å². The number of guanidine groups is 1. The molecule has 2 N–H and O–H groups in total. The molecule has 0 aliphatic carbocycles. The summed E-state index contributed by atoms with van der Waals surface area (Å²) >= 11 is 0. The number of hydrogen-bond donors (Lipinski definition) is 2. The molecule has 0 saturated heterocycles. The molecule has 2 rings (SSSR count). The van der Waals surface area contributed by atoms with E-state index in [4.69, 9.17) is 4.74 Å². The lowest BCUT2D eigenvalue weighted by Gasteiger charge is -2.15. The average Bonchev–Trinajstić information content (AvgIpc) is 2.61. The highest BCUT2D eigenvalue weighted by molar-refractivity contribution is 7.89. The first-order valence-corrected chi connectivity index (χ1v) is 11.3. The highest BCUT2D eigenvalue weighted by Gasteiger charge is 2.11. The van der Waals surface area contributed by atoms with Crippen molar-refractivity contribution in [1.29, 1.82) is 0 Å². The highest BCUT2D eigenvalue weighted by Crippen LogP contribution is 2.16. The summed E-state index contributed by atoms with van der Waals surface area (Å²) in [7, 11) is -1.59. The van der Waals surface area contributed by atoms with Gasteiger partial charge in [-0.05, 0) is 60.4 Å². The Labute approximate surface area is 172 Å². The number of nitrogens with one attached hydrogen (secondary N) is 2. The van der Waals surface area contributed by atoms with Crippen LogP contribution in [-0.4, -0.2) is 40.8 Å². The van der Waals surface area contributed by atoms with E-state index in [1.807, 2.05) is 26.0 Å². The van der Waals surface area contributed by atoms with Gasteiger partial charge >= 0.3 is 0 Å². The fourth-order valence-electron chi connectivity index (χ4n) is 2.94. The third-order valence-corrected chi connectivity index (χ3v) is 4.95. The molecule has 6 nitrogen and oxygen atoms in total. The summed E-state index contributed by atoms with van der Waals surface area (Å²) in [6.07, 6.45) is 1.16. The maximum atomic E-state index is 13.6. The summed E-state index contributed by atoms with van der Waals surface area (Å²) in [4.78, 5) is 4.13. The van der Waals surface area contributed by atoms with Crippen LogP contribution < -0.4 is 15.4 Å². The van der Waals surface area contributed by atoms with E-state index >= 15 is 0 Å². The molecule has 0 aliphatic heterocycles. The van der Waals surface area contributed by atoms with Crippen molar-refractivity contribution in [3.8, 4) is 5.75 Å². The molecule has 0 spiro atoms. The second-order valence-electron chi connectivity index (χ2n) is 7.01. The zero-order valence-electron chi connectivity index (χ0n) is 17.3. The number of ether oxygens (including phenoxy) is 1. The summed E-state index contributed by atoms with van der Waals surface area (Å²) in [6.45, 7) is 5.26. The first kappa shape index (κ1) is 22.7. The van der Waals surface area contributed by atoms with Gasteiger partial charge in [0, 0.05) is 19.8 Å². The number of aryl methyl sites for hydroxylation is 2. The molecule has 2 aromatic carbocycles. The maximum absolute atomic E-state index is 13.6. The molecule has 0 radical (unpaired) electrons. The third kappa shape index (κ3) is 8.11. The summed E-state index contributed by atoms with van der Waals surface area (Å²) < 4.78 is 42.6. The van der Waals surface area contributed by atoms with Gasteiger partial charge in [-0.1, -0.05) is 12.1 Å². The molecular weight excluding hydrogens is 393 g/mol. The van der Waals surface area contributed by atoms with Gasteiger partial charge in [-0.25, -0.2) is 12.8 Å². The minimum absolute atomic E-state index is 0.139. The van der Waals surface area contributed by atoms with Gasteiger partial charge in [-0.2, -0.15) is 0 Å². The maximum Gasteiger partial charge on any atom is 0.191 e.